The summed E-state index contributed by atoms with van der Waals surface area (Å²) < 4.78 is 12.4. The van der Waals surface area contributed by atoms with E-state index in [1.165, 1.54) is 5.56 Å². The minimum absolute atomic E-state index is 0. The van der Waals surface area contributed by atoms with Crippen LogP contribution in [0.4, 0.5) is 0 Å². The van der Waals surface area contributed by atoms with Crippen LogP contribution in [0.3, 0.4) is 0 Å². The molecule has 0 radical (unpaired) electrons. The number of hydrogen-bond donors (Lipinski definition) is 2. The van der Waals surface area contributed by atoms with Crippen LogP contribution >= 0.6 is 24.0 Å². The van der Waals surface area contributed by atoms with Crippen molar-refractivity contribution in [3.63, 3.8) is 0 Å². The number of rotatable bonds is 9. The first-order chi connectivity index (χ1) is 15.1. The number of halogens is 1. The predicted octanol–water partition coefficient (Wildman–Crippen LogP) is 4.16. The van der Waals surface area contributed by atoms with Crippen molar-refractivity contribution in [1.29, 1.82) is 0 Å². The van der Waals surface area contributed by atoms with Crippen molar-refractivity contribution in [3.8, 4) is 0 Å². The highest BCUT2D eigenvalue weighted by Gasteiger charge is 2.25. The average molecular weight is 569 g/mol. The van der Waals surface area contributed by atoms with E-state index in [0.717, 1.165) is 44.0 Å². The molecule has 176 valence electrons. The number of likely N-dealkylation sites (tertiary alicyclic amines) is 1. The second kappa shape index (κ2) is 14.6. The molecule has 1 fully saturated rings. The normalized spacial score (nSPS) is 20.2. The van der Waals surface area contributed by atoms with Gasteiger partial charge < -0.3 is 10.6 Å². The van der Waals surface area contributed by atoms with E-state index in [0.29, 0.717) is 30.1 Å². The van der Waals surface area contributed by atoms with Gasteiger partial charge in [0.05, 0.1) is 6.54 Å². The zero-order valence-electron chi connectivity index (χ0n) is 19.2. The molecule has 3 rings (SSSR count). The second-order valence-electron chi connectivity index (χ2n) is 8.21. The third-order valence-electron chi connectivity index (χ3n) is 5.69. The molecule has 5 nitrogen and oxygen atoms in total. The van der Waals surface area contributed by atoms with E-state index >= 15 is 0 Å². The van der Waals surface area contributed by atoms with Crippen LogP contribution < -0.4 is 10.6 Å². The van der Waals surface area contributed by atoms with E-state index in [-0.39, 0.29) is 24.0 Å². The van der Waals surface area contributed by atoms with E-state index in [1.54, 1.807) is 0 Å². The smallest absolute Gasteiger partial charge is 0.191 e. The van der Waals surface area contributed by atoms with Gasteiger partial charge in [-0.15, -0.1) is 24.0 Å². The van der Waals surface area contributed by atoms with Gasteiger partial charge in [0.25, 0.3) is 0 Å². The van der Waals surface area contributed by atoms with E-state index in [9.17, 15) is 4.21 Å². The van der Waals surface area contributed by atoms with Gasteiger partial charge in [0, 0.05) is 54.0 Å². The fourth-order valence-corrected chi connectivity index (χ4v) is 5.01. The van der Waals surface area contributed by atoms with Crippen LogP contribution in [0.2, 0.25) is 0 Å². The minimum Gasteiger partial charge on any atom is -0.357 e. The Kier molecular flexibility index (Phi) is 12.3. The number of benzene rings is 2. The highest BCUT2D eigenvalue weighted by molar-refractivity contribution is 14.0. The quantitative estimate of drug-likeness (QED) is 0.271. The molecule has 1 aliphatic heterocycles. The molecule has 1 saturated heterocycles. The Labute approximate surface area is 212 Å². The number of nitrogens with zero attached hydrogens (tertiary/aromatic N) is 2. The zero-order valence-corrected chi connectivity index (χ0v) is 22.4. The molecule has 32 heavy (non-hydrogen) atoms. The Morgan fingerprint density at radius 3 is 2.38 bits per heavy atom. The van der Waals surface area contributed by atoms with Crippen LogP contribution in [0.5, 0.6) is 0 Å². The van der Waals surface area contributed by atoms with Crippen molar-refractivity contribution < 1.29 is 4.21 Å². The maximum absolute atomic E-state index is 12.4. The summed E-state index contributed by atoms with van der Waals surface area (Å²) in [6.45, 7) is 7.87. The summed E-state index contributed by atoms with van der Waals surface area (Å²) in [5, 5.41) is 6.95. The summed E-state index contributed by atoms with van der Waals surface area (Å²) in [6, 6.07) is 21.6. The number of guanidine groups is 1. The molecule has 0 spiro atoms. The van der Waals surface area contributed by atoms with Gasteiger partial charge in [0.1, 0.15) is 0 Å². The Hall–Kier alpha value is -1.45. The van der Waals surface area contributed by atoms with Gasteiger partial charge in [-0.25, -0.2) is 0 Å². The minimum atomic E-state index is -0.897. The number of aliphatic imine (C=N–C) groups is 1. The molecule has 1 heterocycles. The molecular formula is C25H37IN4OS. The molecule has 0 saturated carbocycles. The highest BCUT2D eigenvalue weighted by Crippen LogP contribution is 2.20. The van der Waals surface area contributed by atoms with Gasteiger partial charge in [-0.2, -0.15) is 0 Å². The summed E-state index contributed by atoms with van der Waals surface area (Å²) >= 11 is 0. The van der Waals surface area contributed by atoms with Crippen molar-refractivity contribution in [2.45, 2.75) is 51.1 Å². The Balaban J connectivity index is 0.00000363. The molecule has 3 unspecified atom stereocenters. The van der Waals surface area contributed by atoms with Gasteiger partial charge in [0.15, 0.2) is 5.96 Å². The van der Waals surface area contributed by atoms with Gasteiger partial charge in [-0.1, -0.05) is 60.7 Å². The Morgan fingerprint density at radius 2 is 1.75 bits per heavy atom. The molecule has 3 atom stereocenters. The van der Waals surface area contributed by atoms with Crippen LogP contribution in [0.25, 0.3) is 0 Å². The van der Waals surface area contributed by atoms with Crippen LogP contribution in [-0.4, -0.2) is 52.5 Å². The Morgan fingerprint density at radius 1 is 1.09 bits per heavy atom. The number of hydrogen-bond acceptors (Lipinski definition) is 3. The van der Waals surface area contributed by atoms with Crippen LogP contribution in [0.15, 0.2) is 65.7 Å². The predicted molar refractivity (Wildman–Crippen MR) is 147 cm³/mol. The van der Waals surface area contributed by atoms with Crippen molar-refractivity contribution >= 4 is 40.7 Å². The average Bonchev–Trinajstić information content (AvgIpc) is 2.77. The van der Waals surface area contributed by atoms with Crippen molar-refractivity contribution in [1.82, 2.24) is 15.5 Å². The molecule has 2 aromatic carbocycles. The first-order valence-corrected chi connectivity index (χ1v) is 12.8. The van der Waals surface area contributed by atoms with Gasteiger partial charge in [-0.05, 0) is 37.8 Å². The first-order valence-electron chi connectivity index (χ1n) is 11.4. The van der Waals surface area contributed by atoms with Crippen molar-refractivity contribution in [2.75, 3.05) is 25.4 Å². The lowest BCUT2D eigenvalue weighted by Gasteiger charge is -2.38. The van der Waals surface area contributed by atoms with Crippen LogP contribution in [0.1, 0.15) is 37.8 Å². The summed E-state index contributed by atoms with van der Waals surface area (Å²) in [5.74, 6) is 2.02. The molecule has 2 N–H and O–H groups in total. The third kappa shape index (κ3) is 9.19. The summed E-state index contributed by atoms with van der Waals surface area (Å²) in [5.41, 5.74) is 2.49. The lowest BCUT2D eigenvalue weighted by molar-refractivity contribution is 0.134. The fraction of sp³-hybridized carbons (Fsp3) is 0.480. The van der Waals surface area contributed by atoms with Crippen LogP contribution in [-0.2, 0) is 23.1 Å². The number of piperidine rings is 1. The summed E-state index contributed by atoms with van der Waals surface area (Å²) in [7, 11) is -0.897. The highest BCUT2D eigenvalue weighted by atomic mass is 127. The van der Waals surface area contributed by atoms with E-state index < -0.39 is 10.8 Å². The zero-order chi connectivity index (χ0) is 21.9. The monoisotopic (exact) mass is 568 g/mol. The molecule has 2 aromatic rings. The maximum atomic E-state index is 12.4. The van der Waals surface area contributed by atoms with E-state index in [4.69, 9.17) is 0 Å². The fourth-order valence-electron chi connectivity index (χ4n) is 4.01. The topological polar surface area (TPSA) is 56.7 Å². The molecule has 0 amide bonds. The molecule has 1 aliphatic rings. The summed E-state index contributed by atoms with van der Waals surface area (Å²) in [6.07, 6.45) is 2.19. The molecule has 0 aromatic heterocycles. The molecule has 7 heteroatoms. The van der Waals surface area contributed by atoms with Gasteiger partial charge in [-0.3, -0.25) is 14.1 Å². The molecule has 0 aliphatic carbocycles. The lowest BCUT2D eigenvalue weighted by atomic mass is 9.97. The van der Waals surface area contributed by atoms with Crippen LogP contribution in [0, 0.1) is 0 Å². The van der Waals surface area contributed by atoms with E-state index in [2.05, 4.69) is 64.7 Å². The van der Waals surface area contributed by atoms with E-state index in [1.807, 2.05) is 30.3 Å². The van der Waals surface area contributed by atoms with Gasteiger partial charge >= 0.3 is 0 Å². The first kappa shape index (κ1) is 26.8. The molecular weight excluding hydrogens is 531 g/mol. The Bertz CT molecular complexity index is 834. The van der Waals surface area contributed by atoms with Gasteiger partial charge in [0.2, 0.25) is 0 Å². The summed E-state index contributed by atoms with van der Waals surface area (Å²) in [4.78, 5) is 7.25. The number of nitrogens with one attached hydrogen (secondary N) is 2. The standard InChI is InChI=1S/C25H36N4OS.HI/c1-3-26-25(27-15-17-31(30)20-23-12-8-5-9-13-23)28-24-14-16-29(21(2)18-24)19-22-10-6-4-7-11-22;/h4-13,21,24H,3,14-20H2,1-2H3,(H2,26,27,28);1H. The maximum Gasteiger partial charge on any atom is 0.191 e. The van der Waals surface area contributed by atoms with Crippen molar-refractivity contribution in [2.24, 2.45) is 4.99 Å². The largest absolute Gasteiger partial charge is 0.357 e. The second-order valence-corrected chi connectivity index (χ2v) is 9.78. The van der Waals surface area contributed by atoms with Crippen molar-refractivity contribution in [3.05, 3.63) is 71.8 Å². The third-order valence-corrected chi connectivity index (χ3v) is 6.98. The molecule has 0 bridgehead atoms. The SMILES string of the molecule is CCNC(=NCCS(=O)Cc1ccccc1)NC1CCN(Cc2ccccc2)C(C)C1.I. The lowest BCUT2D eigenvalue weighted by Crippen LogP contribution is -2.51.